The number of aryl methyl sites for hydroxylation is 1. The highest BCUT2D eigenvalue weighted by Crippen LogP contribution is 2.40. The van der Waals surface area contributed by atoms with E-state index >= 15 is 0 Å². The minimum absolute atomic E-state index is 0.0172. The summed E-state index contributed by atoms with van der Waals surface area (Å²) in [6.45, 7) is 2.08. The van der Waals surface area contributed by atoms with Crippen LogP contribution in [0.3, 0.4) is 0 Å². The molecule has 2 N–H and O–H groups in total. The smallest absolute Gasteiger partial charge is 0.126 e. The molecule has 98 valence electrons. The van der Waals surface area contributed by atoms with Gasteiger partial charge in [0.15, 0.2) is 0 Å². The summed E-state index contributed by atoms with van der Waals surface area (Å²) in [6.07, 6.45) is 0.792. The molecule has 0 spiro atoms. The van der Waals surface area contributed by atoms with E-state index in [1.54, 1.807) is 0 Å². The summed E-state index contributed by atoms with van der Waals surface area (Å²) in [5.74, 6) is 0.842. The number of ether oxygens (including phenoxy) is 1. The first-order valence-electron chi connectivity index (χ1n) is 6.42. The maximum Gasteiger partial charge on any atom is 0.126 e. The monoisotopic (exact) mass is 273 g/mol. The molecular formula is C16H16ClNO. The minimum Gasteiger partial charge on any atom is -0.485 e. The summed E-state index contributed by atoms with van der Waals surface area (Å²) in [6, 6.07) is 14.0. The summed E-state index contributed by atoms with van der Waals surface area (Å²) < 4.78 is 6.06. The van der Waals surface area contributed by atoms with Gasteiger partial charge in [-0.3, -0.25) is 0 Å². The Morgan fingerprint density at radius 3 is 2.84 bits per heavy atom. The fourth-order valence-corrected chi connectivity index (χ4v) is 2.73. The van der Waals surface area contributed by atoms with E-state index in [1.165, 1.54) is 11.1 Å². The third kappa shape index (κ3) is 2.46. The zero-order chi connectivity index (χ0) is 13.4. The molecule has 1 unspecified atom stereocenters. The number of fused-ring (bicyclic) bond motifs is 1. The number of hydrogen-bond donors (Lipinski definition) is 1. The van der Waals surface area contributed by atoms with Crippen LogP contribution < -0.4 is 10.5 Å². The first-order chi connectivity index (χ1) is 9.13. The lowest BCUT2D eigenvalue weighted by atomic mass is 9.93. The van der Waals surface area contributed by atoms with Crippen molar-refractivity contribution in [3.05, 3.63) is 64.2 Å². The van der Waals surface area contributed by atoms with Gasteiger partial charge in [0.25, 0.3) is 0 Å². The van der Waals surface area contributed by atoms with Crippen molar-refractivity contribution in [3.63, 3.8) is 0 Å². The van der Waals surface area contributed by atoms with Gasteiger partial charge >= 0.3 is 0 Å². The van der Waals surface area contributed by atoms with Crippen molar-refractivity contribution in [1.29, 1.82) is 0 Å². The average molecular weight is 274 g/mol. The molecule has 3 rings (SSSR count). The molecule has 2 aromatic carbocycles. The van der Waals surface area contributed by atoms with Crippen molar-refractivity contribution in [2.45, 2.75) is 25.5 Å². The van der Waals surface area contributed by atoms with Gasteiger partial charge < -0.3 is 10.5 Å². The van der Waals surface area contributed by atoms with Gasteiger partial charge in [-0.2, -0.15) is 0 Å². The second-order valence-corrected chi connectivity index (χ2v) is 5.48. The van der Waals surface area contributed by atoms with Crippen molar-refractivity contribution >= 4 is 11.6 Å². The van der Waals surface area contributed by atoms with Crippen LogP contribution in [0.1, 0.15) is 35.3 Å². The maximum absolute atomic E-state index is 6.24. The van der Waals surface area contributed by atoms with Crippen molar-refractivity contribution < 1.29 is 4.74 Å². The Balaban J connectivity index is 1.95. The van der Waals surface area contributed by atoms with Crippen molar-refractivity contribution in [3.8, 4) is 5.75 Å². The fraction of sp³-hybridized carbons (Fsp3) is 0.250. The Morgan fingerprint density at radius 1 is 1.21 bits per heavy atom. The second kappa shape index (κ2) is 4.87. The summed E-state index contributed by atoms with van der Waals surface area (Å²) in [5, 5.41) is 0.701. The molecule has 0 saturated carbocycles. The molecule has 19 heavy (non-hydrogen) atoms. The van der Waals surface area contributed by atoms with Crippen LogP contribution in [0.4, 0.5) is 0 Å². The molecule has 1 heterocycles. The SMILES string of the molecule is Cc1cccc(C2C[C@H](N)c3cc(Cl)ccc3O2)c1. The largest absolute Gasteiger partial charge is 0.485 e. The molecule has 1 aliphatic heterocycles. The number of halogens is 1. The van der Waals surface area contributed by atoms with Crippen LogP contribution >= 0.6 is 11.6 Å². The predicted molar refractivity (Wildman–Crippen MR) is 77.5 cm³/mol. The van der Waals surface area contributed by atoms with E-state index in [4.69, 9.17) is 22.1 Å². The van der Waals surface area contributed by atoms with Crippen molar-refractivity contribution in [2.75, 3.05) is 0 Å². The quantitative estimate of drug-likeness (QED) is 0.846. The van der Waals surface area contributed by atoms with Crippen LogP contribution in [0.25, 0.3) is 0 Å². The van der Waals surface area contributed by atoms with E-state index < -0.39 is 0 Å². The summed E-state index contributed by atoms with van der Waals surface area (Å²) in [7, 11) is 0. The lowest BCUT2D eigenvalue weighted by Crippen LogP contribution is -2.24. The highest BCUT2D eigenvalue weighted by atomic mass is 35.5. The van der Waals surface area contributed by atoms with Crippen LogP contribution in [-0.2, 0) is 0 Å². The second-order valence-electron chi connectivity index (χ2n) is 5.04. The molecular weight excluding hydrogens is 258 g/mol. The average Bonchev–Trinajstić information content (AvgIpc) is 2.39. The molecule has 2 aromatic rings. The van der Waals surface area contributed by atoms with Gasteiger partial charge in [-0.15, -0.1) is 0 Å². The summed E-state index contributed by atoms with van der Waals surface area (Å²) >= 11 is 6.01. The molecule has 3 heteroatoms. The molecule has 1 aliphatic rings. The topological polar surface area (TPSA) is 35.2 Å². The van der Waals surface area contributed by atoms with Gasteiger partial charge in [0.2, 0.25) is 0 Å². The van der Waals surface area contributed by atoms with Crippen LogP contribution in [0.2, 0.25) is 5.02 Å². The zero-order valence-corrected chi connectivity index (χ0v) is 11.5. The number of rotatable bonds is 1. The van der Waals surface area contributed by atoms with E-state index in [-0.39, 0.29) is 12.1 Å². The first kappa shape index (κ1) is 12.5. The Morgan fingerprint density at radius 2 is 2.05 bits per heavy atom. The maximum atomic E-state index is 6.24. The van der Waals surface area contributed by atoms with Gasteiger partial charge in [-0.1, -0.05) is 41.4 Å². The molecule has 0 amide bonds. The van der Waals surface area contributed by atoms with E-state index in [2.05, 4.69) is 31.2 Å². The summed E-state index contributed by atoms with van der Waals surface area (Å²) in [4.78, 5) is 0. The molecule has 0 aromatic heterocycles. The molecule has 0 bridgehead atoms. The zero-order valence-electron chi connectivity index (χ0n) is 10.8. The normalized spacial score (nSPS) is 21.6. The number of nitrogens with two attached hydrogens (primary N) is 1. The van der Waals surface area contributed by atoms with Gasteiger partial charge in [0, 0.05) is 23.0 Å². The van der Waals surface area contributed by atoms with Gasteiger partial charge in [-0.25, -0.2) is 0 Å². The van der Waals surface area contributed by atoms with Gasteiger partial charge in [0.1, 0.15) is 11.9 Å². The van der Waals surface area contributed by atoms with Crippen LogP contribution in [0.5, 0.6) is 5.75 Å². The van der Waals surface area contributed by atoms with Crippen LogP contribution in [-0.4, -0.2) is 0 Å². The van der Waals surface area contributed by atoms with E-state index in [0.717, 1.165) is 17.7 Å². The van der Waals surface area contributed by atoms with Crippen molar-refractivity contribution in [1.82, 2.24) is 0 Å². The van der Waals surface area contributed by atoms with Crippen molar-refractivity contribution in [2.24, 2.45) is 5.73 Å². The van der Waals surface area contributed by atoms with Crippen LogP contribution in [0, 0.1) is 6.92 Å². The first-order valence-corrected chi connectivity index (χ1v) is 6.79. The standard InChI is InChI=1S/C16H16ClNO/c1-10-3-2-4-11(7-10)16-9-14(18)13-8-12(17)5-6-15(13)19-16/h2-8,14,16H,9,18H2,1H3/t14-,16?/m0/s1. The Labute approximate surface area is 118 Å². The highest BCUT2D eigenvalue weighted by Gasteiger charge is 2.27. The van der Waals surface area contributed by atoms with E-state index in [9.17, 15) is 0 Å². The highest BCUT2D eigenvalue weighted by molar-refractivity contribution is 6.30. The van der Waals surface area contributed by atoms with E-state index in [0.29, 0.717) is 5.02 Å². The Hall–Kier alpha value is -1.51. The minimum atomic E-state index is -0.0343. The molecule has 0 fully saturated rings. The Bertz CT molecular complexity index is 611. The number of benzene rings is 2. The third-order valence-corrected chi connectivity index (χ3v) is 3.76. The van der Waals surface area contributed by atoms with Gasteiger partial charge in [0.05, 0.1) is 0 Å². The Kier molecular flexibility index (Phi) is 3.21. The fourth-order valence-electron chi connectivity index (χ4n) is 2.55. The molecule has 0 saturated heterocycles. The third-order valence-electron chi connectivity index (χ3n) is 3.52. The predicted octanol–water partition coefficient (Wildman–Crippen LogP) is 4.17. The summed E-state index contributed by atoms with van der Waals surface area (Å²) in [5.41, 5.74) is 9.65. The lowest BCUT2D eigenvalue weighted by molar-refractivity contribution is 0.161. The molecule has 2 atom stereocenters. The molecule has 0 radical (unpaired) electrons. The molecule has 2 nitrogen and oxygen atoms in total. The number of hydrogen-bond acceptors (Lipinski definition) is 2. The lowest BCUT2D eigenvalue weighted by Gasteiger charge is -2.30. The van der Waals surface area contributed by atoms with Crippen LogP contribution in [0.15, 0.2) is 42.5 Å². The van der Waals surface area contributed by atoms with Gasteiger partial charge in [-0.05, 0) is 30.7 Å². The molecule has 0 aliphatic carbocycles. The van der Waals surface area contributed by atoms with E-state index in [1.807, 2.05) is 18.2 Å².